The lowest BCUT2D eigenvalue weighted by Crippen LogP contribution is -2.46. The number of hydrogen-bond acceptors (Lipinski definition) is 6. The van der Waals surface area contributed by atoms with Crippen LogP contribution in [-0.4, -0.2) is 47.5 Å². The number of aromatic nitrogens is 3. The van der Waals surface area contributed by atoms with Gasteiger partial charge in [-0.05, 0) is 30.6 Å². The molecular weight excluding hydrogens is 428 g/mol. The van der Waals surface area contributed by atoms with Crippen molar-refractivity contribution in [2.45, 2.75) is 58.5 Å². The maximum Gasteiger partial charge on any atom is 0.357 e. The van der Waals surface area contributed by atoms with Gasteiger partial charge in [-0.3, -0.25) is 8.97 Å². The van der Waals surface area contributed by atoms with Crippen molar-refractivity contribution in [3.8, 4) is 0 Å². The highest BCUT2D eigenvalue weighted by atomic mass is 35.5. The van der Waals surface area contributed by atoms with E-state index in [9.17, 15) is 9.59 Å². The first-order chi connectivity index (χ1) is 13.9. The third kappa shape index (κ3) is 5.04. The highest BCUT2D eigenvalue weighted by Crippen LogP contribution is 2.37. The van der Waals surface area contributed by atoms with Crippen molar-refractivity contribution >= 4 is 31.4 Å². The van der Waals surface area contributed by atoms with E-state index in [0.29, 0.717) is 0 Å². The van der Waals surface area contributed by atoms with Gasteiger partial charge < -0.3 is 9.16 Å². The van der Waals surface area contributed by atoms with Crippen LogP contribution in [0.15, 0.2) is 22.3 Å². The number of nitrogens with zero attached hydrogens (tertiary/aromatic N) is 6. The molecule has 0 spiro atoms. The lowest BCUT2D eigenvalue weighted by molar-refractivity contribution is 0.0512. The van der Waals surface area contributed by atoms with Crippen LogP contribution in [0.2, 0.25) is 23.3 Å². The quantitative estimate of drug-likeness (QED) is 0.196. The summed E-state index contributed by atoms with van der Waals surface area (Å²) >= 11 is 5.93. The molecule has 0 saturated carbocycles. The Bertz CT molecular complexity index is 1040. The summed E-state index contributed by atoms with van der Waals surface area (Å²) < 4.78 is 14.1. The number of halogens is 1. The fraction of sp³-hybridized carbons (Fsp3) is 0.611. The molecule has 0 bridgehead atoms. The van der Waals surface area contributed by atoms with Gasteiger partial charge in [-0.15, -0.1) is 0 Å². The Morgan fingerprint density at radius 2 is 2.10 bits per heavy atom. The van der Waals surface area contributed by atoms with E-state index in [1.54, 1.807) is 6.92 Å². The van der Waals surface area contributed by atoms with Gasteiger partial charge in [-0.1, -0.05) is 37.5 Å². The lowest BCUT2D eigenvalue weighted by Gasteiger charge is -2.39. The average molecular weight is 455 g/mol. The summed E-state index contributed by atoms with van der Waals surface area (Å²) in [5, 5.41) is 3.66. The van der Waals surface area contributed by atoms with Crippen LogP contribution in [0.5, 0.6) is 0 Å². The molecule has 0 N–H and O–H groups in total. The summed E-state index contributed by atoms with van der Waals surface area (Å²) in [5.74, 6) is -0.656. The summed E-state index contributed by atoms with van der Waals surface area (Å²) in [6, 6.07) is 0. The van der Waals surface area contributed by atoms with E-state index in [2.05, 4.69) is 48.9 Å². The minimum atomic E-state index is -2.25. The first-order valence-corrected chi connectivity index (χ1v) is 12.8. The van der Waals surface area contributed by atoms with Crippen LogP contribution in [-0.2, 0) is 15.7 Å². The molecule has 30 heavy (non-hydrogen) atoms. The van der Waals surface area contributed by atoms with Gasteiger partial charge in [0.1, 0.15) is 5.15 Å². The number of carbonyl (C=O) groups excluding carboxylic acids is 1. The van der Waals surface area contributed by atoms with Gasteiger partial charge >= 0.3 is 11.7 Å². The zero-order chi connectivity index (χ0) is 22.7. The van der Waals surface area contributed by atoms with E-state index >= 15 is 0 Å². The molecule has 2 aromatic rings. The zero-order valence-corrected chi connectivity index (χ0v) is 19.8. The van der Waals surface area contributed by atoms with E-state index in [4.69, 9.17) is 26.3 Å². The summed E-state index contributed by atoms with van der Waals surface area (Å²) in [6.07, 6.45) is 2.09. The lowest BCUT2D eigenvalue weighted by atomic mass is 10.2. The number of fused-ring (bicyclic) bond motifs is 1. The van der Waals surface area contributed by atoms with Crippen molar-refractivity contribution in [1.29, 1.82) is 0 Å². The Morgan fingerprint density at radius 1 is 1.43 bits per heavy atom. The third-order valence-corrected chi connectivity index (χ3v) is 9.96. The number of ether oxygens (including phenoxy) is 1. The van der Waals surface area contributed by atoms with Crippen molar-refractivity contribution < 1.29 is 14.0 Å². The molecule has 0 aliphatic rings. The molecule has 0 radical (unpaired) electrons. The molecule has 2 heterocycles. The van der Waals surface area contributed by atoms with Gasteiger partial charge in [0.05, 0.1) is 43.7 Å². The van der Waals surface area contributed by atoms with E-state index in [1.165, 1.54) is 21.4 Å². The molecule has 1 unspecified atom stereocenters. The number of imidazole rings is 1. The molecule has 1 atom stereocenters. The van der Waals surface area contributed by atoms with Crippen LogP contribution < -0.4 is 5.69 Å². The van der Waals surface area contributed by atoms with E-state index < -0.39 is 26.1 Å². The Labute approximate surface area is 180 Å². The van der Waals surface area contributed by atoms with Gasteiger partial charge in [0.25, 0.3) is 0 Å². The normalized spacial score (nSPS) is 13.2. The predicted molar refractivity (Wildman–Crippen MR) is 117 cm³/mol. The highest BCUT2D eigenvalue weighted by Gasteiger charge is 2.39. The number of esters is 1. The fourth-order valence-electron chi connectivity index (χ4n) is 2.73. The molecule has 0 aliphatic heterocycles. The summed E-state index contributed by atoms with van der Waals surface area (Å²) in [5.41, 5.74) is 8.64. The van der Waals surface area contributed by atoms with Crippen LogP contribution in [0, 0.1) is 0 Å². The van der Waals surface area contributed by atoms with Crippen LogP contribution in [0.1, 0.15) is 38.2 Å². The standard InChI is InChI=1S/C18H27ClN6O4Si/c1-7-28-16(26)15-13-9-21-14(19)11-24(13)17(27)25(15)10-12(8-22-23-20)29-30(5,6)18(2,3)4/h9,11-12H,7-8,10H2,1-6H3. The number of carbonyl (C=O) groups is 1. The molecule has 2 rings (SSSR count). The average Bonchev–Trinajstić information content (AvgIpc) is 2.90. The second-order valence-corrected chi connectivity index (χ2v) is 13.5. The second kappa shape index (κ2) is 9.21. The molecule has 2 aromatic heterocycles. The monoisotopic (exact) mass is 454 g/mol. The number of azide groups is 1. The zero-order valence-electron chi connectivity index (χ0n) is 18.0. The Hall–Kier alpha value is -2.33. The summed E-state index contributed by atoms with van der Waals surface area (Å²) in [4.78, 5) is 32.5. The first kappa shape index (κ1) is 23.9. The molecule has 0 fully saturated rings. The smallest absolute Gasteiger partial charge is 0.357 e. The van der Waals surface area contributed by atoms with Crippen molar-refractivity contribution in [3.05, 3.63) is 44.2 Å². The molecule has 12 heteroatoms. The number of rotatable bonds is 8. The Morgan fingerprint density at radius 3 is 2.67 bits per heavy atom. The van der Waals surface area contributed by atoms with Crippen LogP contribution in [0.25, 0.3) is 16.0 Å². The van der Waals surface area contributed by atoms with Crippen LogP contribution in [0.4, 0.5) is 0 Å². The van der Waals surface area contributed by atoms with Crippen molar-refractivity contribution in [2.24, 2.45) is 5.11 Å². The Balaban J connectivity index is 2.58. The molecule has 0 aliphatic carbocycles. The first-order valence-electron chi connectivity index (χ1n) is 9.55. The minimum Gasteiger partial charge on any atom is -0.461 e. The third-order valence-electron chi connectivity index (χ3n) is 5.23. The second-order valence-electron chi connectivity index (χ2n) is 8.34. The van der Waals surface area contributed by atoms with Crippen LogP contribution >= 0.6 is 11.6 Å². The fourth-order valence-corrected chi connectivity index (χ4v) is 4.21. The van der Waals surface area contributed by atoms with Crippen LogP contribution in [0.3, 0.4) is 0 Å². The van der Waals surface area contributed by atoms with Gasteiger partial charge in [0, 0.05) is 4.91 Å². The summed E-state index contributed by atoms with van der Waals surface area (Å²) in [6.45, 7) is 12.2. The van der Waals surface area contributed by atoms with Gasteiger partial charge in [-0.2, -0.15) is 0 Å². The molecule has 10 nitrogen and oxygen atoms in total. The highest BCUT2D eigenvalue weighted by molar-refractivity contribution is 6.74. The largest absolute Gasteiger partial charge is 0.461 e. The molecule has 0 amide bonds. The SMILES string of the molecule is CCOC(=O)c1c2cnc(Cl)cn2c(=O)n1CC(CN=[N+]=[N-])O[Si](C)(C)C(C)(C)C. The molecule has 0 aromatic carbocycles. The maximum atomic E-state index is 13.1. The van der Waals surface area contributed by atoms with Crippen molar-refractivity contribution in [2.75, 3.05) is 13.2 Å². The molecule has 0 saturated heterocycles. The Kier molecular flexibility index (Phi) is 7.35. The van der Waals surface area contributed by atoms with Crippen molar-refractivity contribution in [1.82, 2.24) is 14.0 Å². The minimum absolute atomic E-state index is 0.0117. The summed E-state index contributed by atoms with van der Waals surface area (Å²) in [7, 11) is -2.25. The molecule has 164 valence electrons. The topological polar surface area (TPSA) is 124 Å². The van der Waals surface area contributed by atoms with Gasteiger partial charge in [0.2, 0.25) is 0 Å². The molecular formula is C18H27ClN6O4Si. The van der Waals surface area contributed by atoms with E-state index in [-0.39, 0.29) is 41.1 Å². The van der Waals surface area contributed by atoms with Crippen molar-refractivity contribution in [3.63, 3.8) is 0 Å². The van der Waals surface area contributed by atoms with E-state index in [0.717, 1.165) is 0 Å². The van der Waals surface area contributed by atoms with E-state index in [1.807, 2.05) is 0 Å². The predicted octanol–water partition coefficient (Wildman–Crippen LogP) is 4.03. The van der Waals surface area contributed by atoms with Gasteiger partial charge in [0.15, 0.2) is 14.0 Å². The number of hydrogen-bond donors (Lipinski definition) is 0. The van der Waals surface area contributed by atoms with Gasteiger partial charge in [-0.25, -0.2) is 14.6 Å². The maximum absolute atomic E-state index is 13.1.